The van der Waals surface area contributed by atoms with E-state index in [0.29, 0.717) is 10.9 Å². The molecule has 90 valence electrons. The fraction of sp³-hybridized carbons (Fsp3) is 0.182. The van der Waals surface area contributed by atoms with Crippen LogP contribution in [0.1, 0.15) is 0 Å². The number of para-hydroxylation sites is 1. The molecule has 0 radical (unpaired) electrons. The van der Waals surface area contributed by atoms with Crippen LogP contribution >= 0.6 is 23.2 Å². The maximum absolute atomic E-state index is 12.1. The Kier molecular flexibility index (Phi) is 3.64. The molecule has 0 amide bonds. The smallest absolute Gasteiger partial charge is 0.272 e. The normalized spacial score (nSPS) is 11.1. The molecule has 0 aliphatic heterocycles. The summed E-state index contributed by atoms with van der Waals surface area (Å²) in [5, 5.41) is 0.790. The van der Waals surface area contributed by atoms with Crippen LogP contribution in [0.4, 0.5) is 8.78 Å². The van der Waals surface area contributed by atoms with Gasteiger partial charge in [-0.05, 0) is 6.07 Å². The van der Waals surface area contributed by atoms with E-state index in [1.54, 1.807) is 24.3 Å². The standard InChI is InChI=1S/C11H7Cl2F2NO/c12-9-6-3-1-2-4-7(6)16-11(13)10(9)17-5-8(14)15/h1-4,8H,5H2. The van der Waals surface area contributed by atoms with Crippen molar-refractivity contribution < 1.29 is 13.5 Å². The SMILES string of the molecule is FC(F)COc1c(Cl)nc2ccccc2c1Cl. The highest BCUT2D eigenvalue weighted by Crippen LogP contribution is 2.37. The number of pyridine rings is 1. The van der Waals surface area contributed by atoms with E-state index in [9.17, 15) is 8.78 Å². The molecule has 0 saturated heterocycles. The van der Waals surface area contributed by atoms with Crippen LogP contribution in [0.15, 0.2) is 24.3 Å². The highest BCUT2D eigenvalue weighted by Gasteiger charge is 2.15. The topological polar surface area (TPSA) is 22.1 Å². The van der Waals surface area contributed by atoms with Crippen molar-refractivity contribution in [3.63, 3.8) is 0 Å². The first kappa shape index (κ1) is 12.3. The number of aromatic nitrogens is 1. The molecule has 2 aromatic rings. The molecule has 0 N–H and O–H groups in total. The number of halogens is 4. The second-order valence-electron chi connectivity index (χ2n) is 3.26. The molecule has 0 fully saturated rings. The van der Waals surface area contributed by atoms with E-state index in [1.165, 1.54) is 0 Å². The van der Waals surface area contributed by atoms with Crippen molar-refractivity contribution in [3.05, 3.63) is 34.4 Å². The van der Waals surface area contributed by atoms with Crippen LogP contribution in [0.25, 0.3) is 10.9 Å². The summed E-state index contributed by atoms with van der Waals surface area (Å²) in [7, 11) is 0. The Bertz CT molecular complexity index is 548. The zero-order valence-electron chi connectivity index (χ0n) is 8.46. The fourth-order valence-electron chi connectivity index (χ4n) is 1.40. The minimum atomic E-state index is -2.59. The predicted molar refractivity (Wildman–Crippen MR) is 63.3 cm³/mol. The van der Waals surface area contributed by atoms with Crippen molar-refractivity contribution in [3.8, 4) is 5.75 Å². The molecule has 17 heavy (non-hydrogen) atoms. The van der Waals surface area contributed by atoms with E-state index in [0.717, 1.165) is 0 Å². The summed E-state index contributed by atoms with van der Waals surface area (Å²) in [6.45, 7) is -0.764. The molecule has 0 unspecified atom stereocenters. The van der Waals surface area contributed by atoms with Gasteiger partial charge in [0.25, 0.3) is 6.43 Å². The molecule has 0 spiro atoms. The average molecular weight is 278 g/mol. The van der Waals surface area contributed by atoms with Gasteiger partial charge in [-0.3, -0.25) is 0 Å². The van der Waals surface area contributed by atoms with Crippen LogP contribution in [0.3, 0.4) is 0 Å². The van der Waals surface area contributed by atoms with Crippen LogP contribution in [0, 0.1) is 0 Å². The lowest BCUT2D eigenvalue weighted by Crippen LogP contribution is -2.08. The molecule has 0 aliphatic carbocycles. The molecule has 1 aromatic heterocycles. The summed E-state index contributed by atoms with van der Waals surface area (Å²) in [4.78, 5) is 4.03. The largest absolute Gasteiger partial charge is 0.483 e. The minimum absolute atomic E-state index is 0.00710. The number of hydrogen-bond donors (Lipinski definition) is 0. The quantitative estimate of drug-likeness (QED) is 0.785. The number of nitrogens with zero attached hydrogens (tertiary/aromatic N) is 1. The van der Waals surface area contributed by atoms with Gasteiger partial charge in [-0.15, -0.1) is 0 Å². The van der Waals surface area contributed by atoms with Crippen LogP contribution < -0.4 is 4.74 Å². The lowest BCUT2D eigenvalue weighted by atomic mass is 10.2. The monoisotopic (exact) mass is 277 g/mol. The van der Waals surface area contributed by atoms with Gasteiger partial charge < -0.3 is 4.74 Å². The van der Waals surface area contributed by atoms with Crippen molar-refractivity contribution in [1.82, 2.24) is 4.98 Å². The van der Waals surface area contributed by atoms with Crippen LogP contribution in [-0.4, -0.2) is 18.0 Å². The first-order valence-electron chi connectivity index (χ1n) is 4.74. The Morgan fingerprint density at radius 3 is 2.65 bits per heavy atom. The first-order valence-corrected chi connectivity index (χ1v) is 5.50. The molecular weight excluding hydrogens is 271 g/mol. The predicted octanol–water partition coefficient (Wildman–Crippen LogP) is 4.19. The lowest BCUT2D eigenvalue weighted by molar-refractivity contribution is 0.0819. The number of fused-ring (bicyclic) bond motifs is 1. The molecule has 6 heteroatoms. The van der Waals surface area contributed by atoms with Crippen molar-refractivity contribution in [1.29, 1.82) is 0 Å². The van der Waals surface area contributed by atoms with Crippen molar-refractivity contribution >= 4 is 34.1 Å². The lowest BCUT2D eigenvalue weighted by Gasteiger charge is -2.10. The van der Waals surface area contributed by atoms with Gasteiger partial charge in [-0.1, -0.05) is 41.4 Å². The molecule has 1 heterocycles. The Labute approximate surface area is 106 Å². The maximum atomic E-state index is 12.1. The zero-order chi connectivity index (χ0) is 12.4. The molecule has 2 nitrogen and oxygen atoms in total. The van der Waals surface area contributed by atoms with Gasteiger partial charge in [0.1, 0.15) is 6.61 Å². The summed E-state index contributed by atoms with van der Waals surface area (Å²) in [5.41, 5.74) is 0.590. The fourth-order valence-corrected chi connectivity index (χ4v) is 1.99. The highest BCUT2D eigenvalue weighted by atomic mass is 35.5. The summed E-state index contributed by atoms with van der Waals surface area (Å²) in [5.74, 6) is -0.00710. The minimum Gasteiger partial charge on any atom is -0.483 e. The molecule has 1 aromatic carbocycles. The molecular formula is C11H7Cl2F2NO. The van der Waals surface area contributed by atoms with Crippen molar-refractivity contribution in [2.75, 3.05) is 6.61 Å². The number of benzene rings is 1. The van der Waals surface area contributed by atoms with Crippen molar-refractivity contribution in [2.24, 2.45) is 0 Å². The van der Waals surface area contributed by atoms with E-state index < -0.39 is 13.0 Å². The average Bonchev–Trinajstić information content (AvgIpc) is 2.28. The van der Waals surface area contributed by atoms with Gasteiger partial charge in [-0.25, -0.2) is 13.8 Å². The van der Waals surface area contributed by atoms with E-state index in [1.807, 2.05) is 0 Å². The van der Waals surface area contributed by atoms with Gasteiger partial charge in [0.15, 0.2) is 10.9 Å². The third kappa shape index (κ3) is 2.58. The molecule has 0 atom stereocenters. The van der Waals surface area contributed by atoms with Gasteiger partial charge in [0.05, 0.1) is 10.5 Å². The molecule has 0 bridgehead atoms. The second-order valence-corrected chi connectivity index (χ2v) is 4.00. The van der Waals surface area contributed by atoms with Crippen LogP contribution in [0.2, 0.25) is 10.2 Å². The summed E-state index contributed by atoms with van der Waals surface area (Å²) < 4.78 is 29.0. The summed E-state index contributed by atoms with van der Waals surface area (Å²) >= 11 is 11.9. The summed E-state index contributed by atoms with van der Waals surface area (Å²) in [6, 6.07) is 6.99. The van der Waals surface area contributed by atoms with E-state index in [4.69, 9.17) is 27.9 Å². The Hall–Kier alpha value is -1.13. The van der Waals surface area contributed by atoms with E-state index in [2.05, 4.69) is 4.98 Å². The number of alkyl halides is 2. The molecule has 2 rings (SSSR count). The Balaban J connectivity index is 2.48. The van der Waals surface area contributed by atoms with Gasteiger partial charge >= 0.3 is 0 Å². The Morgan fingerprint density at radius 2 is 1.94 bits per heavy atom. The van der Waals surface area contributed by atoms with Crippen LogP contribution in [0.5, 0.6) is 5.75 Å². The first-order chi connectivity index (χ1) is 8.09. The zero-order valence-corrected chi connectivity index (χ0v) is 9.97. The second kappa shape index (κ2) is 5.02. The maximum Gasteiger partial charge on any atom is 0.272 e. The third-order valence-corrected chi connectivity index (χ3v) is 2.73. The third-order valence-electron chi connectivity index (χ3n) is 2.10. The van der Waals surface area contributed by atoms with Gasteiger partial charge in [-0.2, -0.15) is 0 Å². The number of hydrogen-bond acceptors (Lipinski definition) is 2. The van der Waals surface area contributed by atoms with Crippen molar-refractivity contribution in [2.45, 2.75) is 6.43 Å². The number of ether oxygens (including phenoxy) is 1. The van der Waals surface area contributed by atoms with Crippen LogP contribution in [-0.2, 0) is 0 Å². The van der Waals surface area contributed by atoms with E-state index >= 15 is 0 Å². The molecule has 0 saturated carbocycles. The number of rotatable bonds is 3. The molecule has 0 aliphatic rings. The van der Waals surface area contributed by atoms with Gasteiger partial charge in [0, 0.05) is 5.39 Å². The highest BCUT2D eigenvalue weighted by molar-refractivity contribution is 6.40. The Morgan fingerprint density at radius 1 is 1.24 bits per heavy atom. The summed E-state index contributed by atoms with van der Waals surface area (Å²) in [6.07, 6.45) is -2.59. The van der Waals surface area contributed by atoms with Gasteiger partial charge in [0.2, 0.25) is 0 Å². The van der Waals surface area contributed by atoms with E-state index in [-0.39, 0.29) is 15.9 Å².